The number of hydrogen-bond donors (Lipinski definition) is 0. The van der Waals surface area contributed by atoms with Gasteiger partial charge in [-0.05, 0) is 19.8 Å². The van der Waals surface area contributed by atoms with Crippen LogP contribution in [0.4, 0.5) is 13.6 Å². The molecule has 0 aliphatic carbocycles. The molecule has 0 aromatic rings. The molecule has 5 heteroatoms. The van der Waals surface area contributed by atoms with E-state index in [4.69, 9.17) is 4.74 Å². The minimum Gasteiger partial charge on any atom is -0.446 e. The molecule has 0 aromatic heterocycles. The Bertz CT molecular complexity index is 215. The van der Waals surface area contributed by atoms with Crippen LogP contribution in [0.3, 0.4) is 0 Å². The van der Waals surface area contributed by atoms with E-state index in [0.717, 1.165) is 13.3 Å². The first kappa shape index (κ1) is 15.1. The lowest BCUT2D eigenvalue weighted by atomic mass is 10.1. The zero-order chi connectivity index (χ0) is 12.8. The summed E-state index contributed by atoms with van der Waals surface area (Å²) in [7, 11) is 3.14. The molecule has 0 bridgehead atoms. The number of hydrogen-bond acceptors (Lipinski definition) is 2. The monoisotopic (exact) mass is 237 g/mol. The van der Waals surface area contributed by atoms with Gasteiger partial charge in [0.25, 0.3) is 0 Å². The summed E-state index contributed by atoms with van der Waals surface area (Å²) < 4.78 is 30.4. The van der Waals surface area contributed by atoms with Gasteiger partial charge in [-0.3, -0.25) is 0 Å². The molecule has 1 atom stereocenters. The molecule has 16 heavy (non-hydrogen) atoms. The zero-order valence-electron chi connectivity index (χ0n) is 10.4. The molecular formula is C11H21F2NO2. The van der Waals surface area contributed by atoms with Gasteiger partial charge in [0.05, 0.1) is 0 Å². The average molecular weight is 237 g/mol. The number of ether oxygens (including phenoxy) is 1. The van der Waals surface area contributed by atoms with Gasteiger partial charge >= 0.3 is 6.09 Å². The van der Waals surface area contributed by atoms with Crippen LogP contribution in [0, 0.1) is 0 Å². The van der Waals surface area contributed by atoms with E-state index in [0.29, 0.717) is 6.42 Å². The number of alkyl halides is 2. The molecule has 0 aromatic carbocycles. The van der Waals surface area contributed by atoms with Crippen LogP contribution in [0.5, 0.6) is 0 Å². The lowest BCUT2D eigenvalue weighted by molar-refractivity contribution is -0.00874. The molecule has 0 N–H and O–H groups in total. The summed E-state index contributed by atoms with van der Waals surface area (Å²) in [6.07, 6.45) is 0.495. The summed E-state index contributed by atoms with van der Waals surface area (Å²) in [4.78, 5) is 12.6. The van der Waals surface area contributed by atoms with Crippen molar-refractivity contribution in [1.29, 1.82) is 0 Å². The molecule has 0 heterocycles. The van der Waals surface area contributed by atoms with Crippen LogP contribution in [0.15, 0.2) is 0 Å². The summed E-state index contributed by atoms with van der Waals surface area (Å²) in [6.45, 7) is 2.81. The van der Waals surface area contributed by atoms with E-state index in [1.54, 1.807) is 14.1 Å². The van der Waals surface area contributed by atoms with Crippen molar-refractivity contribution in [2.45, 2.75) is 51.6 Å². The van der Waals surface area contributed by atoms with Gasteiger partial charge in [0.1, 0.15) is 6.10 Å². The average Bonchev–Trinajstić information content (AvgIpc) is 2.13. The van der Waals surface area contributed by atoms with Crippen molar-refractivity contribution in [3.63, 3.8) is 0 Å². The Morgan fingerprint density at radius 3 is 2.31 bits per heavy atom. The maximum atomic E-state index is 12.7. The summed E-state index contributed by atoms with van der Waals surface area (Å²) in [5.74, 6) is -2.70. The van der Waals surface area contributed by atoms with Crippen molar-refractivity contribution in [3.8, 4) is 0 Å². The highest BCUT2D eigenvalue weighted by molar-refractivity contribution is 5.66. The topological polar surface area (TPSA) is 29.5 Å². The van der Waals surface area contributed by atoms with Crippen LogP contribution in [0.1, 0.15) is 39.5 Å². The second-order valence-corrected chi connectivity index (χ2v) is 4.30. The van der Waals surface area contributed by atoms with Gasteiger partial charge < -0.3 is 9.64 Å². The largest absolute Gasteiger partial charge is 0.446 e. The molecule has 3 nitrogen and oxygen atoms in total. The third kappa shape index (κ3) is 7.43. The van der Waals surface area contributed by atoms with E-state index < -0.39 is 18.1 Å². The molecule has 1 amide bonds. The van der Waals surface area contributed by atoms with Gasteiger partial charge in [-0.15, -0.1) is 0 Å². The van der Waals surface area contributed by atoms with Crippen LogP contribution in [0.2, 0.25) is 0 Å². The maximum absolute atomic E-state index is 12.7. The second kappa shape index (κ2) is 6.66. The molecule has 0 spiro atoms. The Kier molecular flexibility index (Phi) is 6.29. The SMILES string of the molecule is CCCC(CCC(C)(F)F)OC(=O)N(C)C. The third-order valence-electron chi connectivity index (χ3n) is 2.15. The standard InChI is InChI=1S/C11H21F2NO2/c1-5-6-9(7-8-11(2,12)13)16-10(15)14(3)4/h9H,5-8H2,1-4H3. The first-order valence-corrected chi connectivity index (χ1v) is 5.52. The number of amides is 1. The number of rotatable bonds is 6. The highest BCUT2D eigenvalue weighted by atomic mass is 19.3. The molecule has 0 fully saturated rings. The molecular weight excluding hydrogens is 216 g/mol. The van der Waals surface area contributed by atoms with Crippen molar-refractivity contribution in [3.05, 3.63) is 0 Å². The maximum Gasteiger partial charge on any atom is 0.409 e. The minimum atomic E-state index is -2.70. The van der Waals surface area contributed by atoms with Crippen molar-refractivity contribution in [1.82, 2.24) is 4.90 Å². The van der Waals surface area contributed by atoms with E-state index in [2.05, 4.69) is 0 Å². The number of carbonyl (C=O) groups is 1. The van der Waals surface area contributed by atoms with E-state index in [1.807, 2.05) is 6.92 Å². The van der Waals surface area contributed by atoms with E-state index in [-0.39, 0.29) is 12.8 Å². The van der Waals surface area contributed by atoms with Crippen molar-refractivity contribution >= 4 is 6.09 Å². The lowest BCUT2D eigenvalue weighted by Gasteiger charge is -2.21. The summed E-state index contributed by atoms with van der Waals surface area (Å²) in [5.41, 5.74) is 0. The van der Waals surface area contributed by atoms with E-state index in [9.17, 15) is 13.6 Å². The lowest BCUT2D eigenvalue weighted by Crippen LogP contribution is -2.29. The highest BCUT2D eigenvalue weighted by Gasteiger charge is 2.24. The smallest absolute Gasteiger partial charge is 0.409 e. The Hall–Kier alpha value is -0.870. The predicted octanol–water partition coefficient (Wildman–Crippen LogP) is 3.29. The fraction of sp³-hybridized carbons (Fsp3) is 0.909. The van der Waals surface area contributed by atoms with Crippen LogP contribution >= 0.6 is 0 Å². The van der Waals surface area contributed by atoms with Crippen molar-refractivity contribution in [2.75, 3.05) is 14.1 Å². The van der Waals surface area contributed by atoms with Gasteiger partial charge in [-0.1, -0.05) is 13.3 Å². The van der Waals surface area contributed by atoms with E-state index in [1.165, 1.54) is 4.90 Å². The number of carbonyl (C=O) groups excluding carboxylic acids is 1. The molecule has 0 saturated heterocycles. The fourth-order valence-electron chi connectivity index (χ4n) is 1.25. The molecule has 0 rings (SSSR count). The van der Waals surface area contributed by atoms with Crippen LogP contribution in [-0.4, -0.2) is 37.1 Å². The van der Waals surface area contributed by atoms with Gasteiger partial charge in [0.2, 0.25) is 5.92 Å². The molecule has 1 unspecified atom stereocenters. The first-order chi connectivity index (χ1) is 7.26. The molecule has 96 valence electrons. The number of nitrogens with zero attached hydrogens (tertiary/aromatic N) is 1. The van der Waals surface area contributed by atoms with Gasteiger partial charge in [0.15, 0.2) is 0 Å². The Labute approximate surface area is 95.8 Å². The highest BCUT2D eigenvalue weighted by Crippen LogP contribution is 2.22. The summed E-state index contributed by atoms with van der Waals surface area (Å²) >= 11 is 0. The van der Waals surface area contributed by atoms with Crippen LogP contribution < -0.4 is 0 Å². The van der Waals surface area contributed by atoms with Crippen LogP contribution in [-0.2, 0) is 4.74 Å². The van der Waals surface area contributed by atoms with Crippen LogP contribution in [0.25, 0.3) is 0 Å². The third-order valence-corrected chi connectivity index (χ3v) is 2.15. The number of halogens is 2. The fourth-order valence-corrected chi connectivity index (χ4v) is 1.25. The minimum absolute atomic E-state index is 0.205. The normalized spacial score (nSPS) is 13.4. The second-order valence-electron chi connectivity index (χ2n) is 4.30. The van der Waals surface area contributed by atoms with Gasteiger partial charge in [-0.2, -0.15) is 0 Å². The Balaban J connectivity index is 4.12. The Morgan fingerprint density at radius 1 is 1.38 bits per heavy atom. The molecule has 0 radical (unpaired) electrons. The zero-order valence-corrected chi connectivity index (χ0v) is 10.4. The van der Waals surface area contributed by atoms with E-state index >= 15 is 0 Å². The quantitative estimate of drug-likeness (QED) is 0.709. The first-order valence-electron chi connectivity index (χ1n) is 5.52. The summed E-state index contributed by atoms with van der Waals surface area (Å²) in [5, 5.41) is 0. The molecule has 0 aliphatic heterocycles. The molecule has 0 aliphatic rings. The molecule has 0 saturated carbocycles. The Morgan fingerprint density at radius 2 is 1.94 bits per heavy atom. The van der Waals surface area contributed by atoms with Crippen molar-refractivity contribution in [2.24, 2.45) is 0 Å². The van der Waals surface area contributed by atoms with Crippen molar-refractivity contribution < 1.29 is 18.3 Å². The summed E-state index contributed by atoms with van der Waals surface area (Å²) in [6, 6.07) is 0. The predicted molar refractivity (Wildman–Crippen MR) is 58.7 cm³/mol. The van der Waals surface area contributed by atoms with Gasteiger partial charge in [-0.25, -0.2) is 13.6 Å². The van der Waals surface area contributed by atoms with Gasteiger partial charge in [0, 0.05) is 20.5 Å².